The summed E-state index contributed by atoms with van der Waals surface area (Å²) in [4.78, 5) is 2.52. The summed E-state index contributed by atoms with van der Waals surface area (Å²) >= 11 is 0. The molecule has 0 radical (unpaired) electrons. The number of aromatic hydroxyl groups is 1. The van der Waals surface area contributed by atoms with Crippen LogP contribution in [0.1, 0.15) is 57.6 Å². The normalized spacial score (nSPS) is 42.7. The predicted octanol–water partition coefficient (Wildman–Crippen LogP) is 3.80. The summed E-state index contributed by atoms with van der Waals surface area (Å²) < 4.78 is 13.2. The maximum Gasteiger partial charge on any atom is 0.165 e. The van der Waals surface area contributed by atoms with E-state index in [1.165, 1.54) is 11.1 Å². The van der Waals surface area contributed by atoms with Gasteiger partial charge in [0, 0.05) is 30.0 Å². The molecule has 4 aliphatic carbocycles. The molecule has 1 aromatic carbocycles. The molecule has 2 N–H and O–H groups in total. The van der Waals surface area contributed by atoms with Gasteiger partial charge >= 0.3 is 0 Å². The van der Waals surface area contributed by atoms with Gasteiger partial charge in [0.05, 0.1) is 11.0 Å². The van der Waals surface area contributed by atoms with Crippen molar-refractivity contribution in [2.75, 3.05) is 20.7 Å². The van der Waals surface area contributed by atoms with Gasteiger partial charge in [-0.15, -0.1) is 0 Å². The number of likely N-dealkylation sites (N-methyl/N-ethyl adjacent to an activating group) is 1. The van der Waals surface area contributed by atoms with Crippen LogP contribution in [0.4, 0.5) is 0 Å². The average molecular weight is 440 g/mol. The topological polar surface area (TPSA) is 62.2 Å². The van der Waals surface area contributed by atoms with Crippen LogP contribution in [0.15, 0.2) is 24.3 Å². The van der Waals surface area contributed by atoms with Gasteiger partial charge in [-0.05, 0) is 70.2 Å². The van der Waals surface area contributed by atoms with Gasteiger partial charge in [0.15, 0.2) is 11.5 Å². The van der Waals surface area contributed by atoms with Crippen molar-refractivity contribution in [3.63, 3.8) is 0 Å². The Labute approximate surface area is 191 Å². The van der Waals surface area contributed by atoms with Gasteiger partial charge in [-0.1, -0.05) is 32.1 Å². The fourth-order valence-corrected chi connectivity index (χ4v) is 8.52. The summed E-state index contributed by atoms with van der Waals surface area (Å²) in [6, 6.07) is 4.24. The van der Waals surface area contributed by atoms with Crippen molar-refractivity contribution in [1.82, 2.24) is 4.90 Å². The number of hydrogen-bond acceptors (Lipinski definition) is 5. The highest BCUT2D eigenvalue weighted by atomic mass is 16.6. The lowest BCUT2D eigenvalue weighted by atomic mass is 9.36. The van der Waals surface area contributed by atoms with Crippen molar-refractivity contribution in [3.05, 3.63) is 35.4 Å². The first kappa shape index (κ1) is 21.0. The molecule has 5 heteroatoms. The molecule has 2 spiro atoms. The highest BCUT2D eigenvalue weighted by molar-refractivity contribution is 5.65. The number of rotatable bonds is 5. The van der Waals surface area contributed by atoms with Crippen molar-refractivity contribution < 1.29 is 19.7 Å². The van der Waals surface area contributed by atoms with Crippen LogP contribution in [0.3, 0.4) is 0 Å². The lowest BCUT2D eigenvalue weighted by Crippen LogP contribution is -2.80. The van der Waals surface area contributed by atoms with E-state index < -0.39 is 11.2 Å². The highest BCUT2D eigenvalue weighted by Gasteiger charge is 2.80. The second kappa shape index (κ2) is 6.31. The lowest BCUT2D eigenvalue weighted by molar-refractivity contribution is -0.247. The van der Waals surface area contributed by atoms with Crippen LogP contribution < -0.4 is 4.74 Å². The molecular weight excluding hydrogens is 402 g/mol. The Balaban J connectivity index is 1.59. The molecule has 1 saturated heterocycles. The van der Waals surface area contributed by atoms with Crippen LogP contribution in [0, 0.1) is 17.3 Å². The molecule has 0 aromatic heterocycles. The van der Waals surface area contributed by atoms with Crippen LogP contribution in [-0.4, -0.2) is 59.2 Å². The maximum atomic E-state index is 11.9. The van der Waals surface area contributed by atoms with E-state index >= 15 is 0 Å². The second-order valence-electron chi connectivity index (χ2n) is 11.8. The summed E-state index contributed by atoms with van der Waals surface area (Å²) in [7, 11) is 4.02. The first-order valence-electron chi connectivity index (χ1n) is 12.3. The van der Waals surface area contributed by atoms with Gasteiger partial charge in [-0.25, -0.2) is 0 Å². The molecule has 1 saturated carbocycles. The molecule has 32 heavy (non-hydrogen) atoms. The Kier molecular flexibility index (Phi) is 4.14. The van der Waals surface area contributed by atoms with E-state index in [4.69, 9.17) is 9.47 Å². The third-order valence-electron chi connectivity index (χ3n) is 10.1. The number of fused-ring (bicyclic) bond motifs is 1. The van der Waals surface area contributed by atoms with Crippen molar-refractivity contribution in [2.24, 2.45) is 17.3 Å². The third kappa shape index (κ3) is 2.17. The average Bonchev–Trinajstić information content (AvgIpc) is 3.14. The van der Waals surface area contributed by atoms with Crippen LogP contribution in [0.25, 0.3) is 0 Å². The van der Waals surface area contributed by atoms with Crippen LogP contribution in [0.2, 0.25) is 0 Å². The van der Waals surface area contributed by atoms with Crippen molar-refractivity contribution in [2.45, 2.75) is 81.6 Å². The minimum atomic E-state index is -0.868. The van der Waals surface area contributed by atoms with E-state index in [9.17, 15) is 10.2 Å². The van der Waals surface area contributed by atoms with Crippen molar-refractivity contribution >= 4 is 0 Å². The number of phenolic OH excluding ortho intramolecular Hbond substituents is 1. The molecule has 1 aromatic rings. The molecule has 4 bridgehead atoms. The zero-order chi connectivity index (χ0) is 22.7. The van der Waals surface area contributed by atoms with Gasteiger partial charge in [-0.3, -0.25) is 0 Å². The smallest absolute Gasteiger partial charge is 0.165 e. The number of methoxy groups -OCH3 is 1. The third-order valence-corrected chi connectivity index (χ3v) is 10.1. The van der Waals surface area contributed by atoms with Gasteiger partial charge in [0.1, 0.15) is 11.7 Å². The Morgan fingerprint density at radius 2 is 2.09 bits per heavy atom. The monoisotopic (exact) mass is 439 g/mol. The Morgan fingerprint density at radius 1 is 1.31 bits per heavy atom. The van der Waals surface area contributed by atoms with Crippen LogP contribution in [-0.2, 0) is 16.6 Å². The molecule has 2 aliphatic heterocycles. The number of phenols is 1. The first-order chi connectivity index (χ1) is 15.1. The van der Waals surface area contributed by atoms with Crippen molar-refractivity contribution in [1.29, 1.82) is 0 Å². The number of nitrogens with zero attached hydrogens (tertiary/aromatic N) is 1. The second-order valence-corrected chi connectivity index (χ2v) is 11.8. The first-order valence-corrected chi connectivity index (χ1v) is 12.3. The van der Waals surface area contributed by atoms with Gasteiger partial charge in [-0.2, -0.15) is 0 Å². The number of aliphatic hydroxyl groups is 1. The Morgan fingerprint density at radius 3 is 2.81 bits per heavy atom. The van der Waals surface area contributed by atoms with E-state index in [1.807, 2.05) is 6.92 Å². The lowest BCUT2D eigenvalue weighted by Gasteiger charge is -2.72. The largest absolute Gasteiger partial charge is 0.504 e. The minimum absolute atomic E-state index is 0.0751. The van der Waals surface area contributed by atoms with E-state index in [0.29, 0.717) is 17.7 Å². The van der Waals surface area contributed by atoms with Gasteiger partial charge in [0.2, 0.25) is 0 Å². The van der Waals surface area contributed by atoms with Crippen molar-refractivity contribution in [3.8, 4) is 11.5 Å². The number of benzene rings is 1. The molecule has 7 unspecified atom stereocenters. The summed E-state index contributed by atoms with van der Waals surface area (Å²) in [6.07, 6.45) is 8.94. The summed E-state index contributed by atoms with van der Waals surface area (Å²) in [5.41, 5.74) is 0.580. The molecule has 6 aliphatic rings. The number of likely N-dealkylation sites (tertiary alicyclic amines) is 1. The number of hydrogen-bond donors (Lipinski definition) is 2. The molecule has 7 atom stereocenters. The van der Waals surface area contributed by atoms with Gasteiger partial charge in [0.25, 0.3) is 0 Å². The SMILES string of the molecule is COC12C=CC3(CC1C(C)(O)CCC(C)C)C1Cc4ccc(O)c5c4C3(CCN1C)C2O5. The molecular formula is C27H37NO4. The zero-order valence-electron chi connectivity index (χ0n) is 20.0. The molecule has 174 valence electrons. The minimum Gasteiger partial charge on any atom is -0.504 e. The Hall–Kier alpha value is -1.56. The van der Waals surface area contributed by atoms with E-state index in [1.54, 1.807) is 13.2 Å². The van der Waals surface area contributed by atoms with E-state index in [0.717, 1.165) is 38.6 Å². The fraction of sp³-hybridized carbons (Fsp3) is 0.704. The molecule has 0 amide bonds. The Bertz CT molecular complexity index is 1000. The molecule has 2 fully saturated rings. The summed E-state index contributed by atoms with van der Waals surface area (Å²) in [5.74, 6) is 1.35. The van der Waals surface area contributed by atoms with Gasteiger partial charge < -0.3 is 24.6 Å². The maximum absolute atomic E-state index is 11.9. The summed E-state index contributed by atoms with van der Waals surface area (Å²) in [6.45, 7) is 7.43. The quantitative estimate of drug-likeness (QED) is 0.684. The highest BCUT2D eigenvalue weighted by Crippen LogP contribution is 2.75. The van der Waals surface area contributed by atoms with E-state index in [2.05, 4.69) is 44.0 Å². The zero-order valence-corrected chi connectivity index (χ0v) is 20.0. The molecule has 7 rings (SSSR count). The number of ether oxygens (including phenoxy) is 2. The van der Waals surface area contributed by atoms with E-state index in [-0.39, 0.29) is 28.6 Å². The van der Waals surface area contributed by atoms with Crippen LogP contribution >= 0.6 is 0 Å². The molecule has 5 nitrogen and oxygen atoms in total. The predicted molar refractivity (Wildman–Crippen MR) is 123 cm³/mol. The number of piperidine rings is 1. The molecule has 2 heterocycles. The van der Waals surface area contributed by atoms with Crippen LogP contribution in [0.5, 0.6) is 11.5 Å². The standard InChI is InChI=1S/C27H37NO4/c1-16(2)8-9-24(3,30)19-15-25-10-11-27(19,31-5)23-26(25)12-13-28(4)20(25)14-17-6-7-18(29)22(32-23)21(17)26/h6-7,10-11,16,19-20,23,29-30H,8-9,12-15H2,1-5H3. The fourth-order valence-electron chi connectivity index (χ4n) is 8.52. The summed E-state index contributed by atoms with van der Waals surface area (Å²) in [5, 5.41) is 22.7.